The van der Waals surface area contributed by atoms with E-state index in [0.717, 1.165) is 12.1 Å². The molecule has 1 aliphatic rings. The van der Waals surface area contributed by atoms with Gasteiger partial charge in [-0.25, -0.2) is 0 Å². The molecular formula is C28H34F9O7PS. The third-order valence-electron chi connectivity index (χ3n) is 6.39. The molecule has 1 aliphatic heterocycles. The van der Waals surface area contributed by atoms with Crippen LogP contribution in [-0.2, 0) is 34.2 Å². The fourth-order valence-corrected chi connectivity index (χ4v) is 8.89. The fourth-order valence-electron chi connectivity index (χ4n) is 4.42. The van der Waals surface area contributed by atoms with Gasteiger partial charge in [0.2, 0.25) is 0 Å². The molecule has 2 aromatic rings. The molecule has 18 heteroatoms. The Hall–Kier alpha value is -2.33. The van der Waals surface area contributed by atoms with Crippen molar-refractivity contribution in [3.8, 4) is 11.5 Å². The Morgan fingerprint density at radius 3 is 1.11 bits per heavy atom. The molecule has 0 atom stereocenters. The third-order valence-corrected chi connectivity index (χ3v) is 10.8. The van der Waals surface area contributed by atoms with Crippen LogP contribution in [0.1, 0.15) is 63.8 Å². The molecule has 0 saturated carbocycles. The summed E-state index contributed by atoms with van der Waals surface area (Å²) in [6.45, 7) is 4.13. The molecule has 0 radical (unpaired) electrons. The van der Waals surface area contributed by atoms with Crippen LogP contribution in [0.25, 0.3) is 0 Å². The number of fused-ring (bicyclic) bond motifs is 2. The van der Waals surface area contributed by atoms with E-state index < -0.39 is 88.0 Å². The summed E-state index contributed by atoms with van der Waals surface area (Å²) in [5, 5.41) is 0. The summed E-state index contributed by atoms with van der Waals surface area (Å²) in [4.78, 5) is -1.61. The molecule has 0 bridgehead atoms. The average molecular weight is 717 g/mol. The van der Waals surface area contributed by atoms with E-state index in [1.54, 1.807) is 0 Å². The van der Waals surface area contributed by atoms with Crippen LogP contribution in [0.15, 0.2) is 34.1 Å². The van der Waals surface area contributed by atoms with E-state index in [0.29, 0.717) is 0 Å². The van der Waals surface area contributed by atoms with Crippen LogP contribution in [0.3, 0.4) is 0 Å². The first kappa shape index (κ1) is 38.1. The summed E-state index contributed by atoms with van der Waals surface area (Å²) in [6.07, 6.45) is -16.2. The number of aryl methyl sites for hydroxylation is 2. The van der Waals surface area contributed by atoms with Gasteiger partial charge in [-0.2, -0.15) is 0 Å². The van der Waals surface area contributed by atoms with Crippen molar-refractivity contribution in [2.75, 3.05) is 19.8 Å². The fraction of sp³-hybridized carbons (Fsp3) is 0.571. The van der Waals surface area contributed by atoms with Crippen molar-refractivity contribution >= 4 is 17.6 Å². The topological polar surface area (TPSA) is 80.3 Å². The number of benzene rings is 2. The second-order valence-electron chi connectivity index (χ2n) is 12.9. The van der Waals surface area contributed by atoms with Gasteiger partial charge in [-0.15, -0.1) is 0 Å². The van der Waals surface area contributed by atoms with Gasteiger partial charge >= 0.3 is 261 Å². The van der Waals surface area contributed by atoms with Gasteiger partial charge in [-0.05, 0) is 0 Å². The van der Waals surface area contributed by atoms with Crippen molar-refractivity contribution in [3.05, 3.63) is 46.5 Å². The molecule has 262 valence electrons. The minimum absolute atomic E-state index is 0.155. The van der Waals surface area contributed by atoms with E-state index in [9.17, 15) is 47.9 Å². The van der Waals surface area contributed by atoms with Gasteiger partial charge in [0.1, 0.15) is 0 Å². The zero-order valence-corrected chi connectivity index (χ0v) is 27.8. The number of hydrogen-bond acceptors (Lipinski definition) is 7. The van der Waals surface area contributed by atoms with Crippen LogP contribution in [-0.4, -0.2) is 46.8 Å². The van der Waals surface area contributed by atoms with Gasteiger partial charge in [0.15, 0.2) is 0 Å². The van der Waals surface area contributed by atoms with E-state index in [4.69, 9.17) is 22.6 Å². The Kier molecular flexibility index (Phi) is 9.67. The van der Waals surface area contributed by atoms with Gasteiger partial charge in [-0.3, -0.25) is 0 Å². The van der Waals surface area contributed by atoms with Crippen LogP contribution in [0.2, 0.25) is 0 Å². The van der Waals surface area contributed by atoms with E-state index >= 15 is 0 Å². The van der Waals surface area contributed by atoms with Gasteiger partial charge in [-0.1, -0.05) is 0 Å². The van der Waals surface area contributed by atoms with Crippen molar-refractivity contribution in [1.29, 1.82) is 0 Å². The molecule has 0 fully saturated rings. The number of halogens is 9. The zero-order chi connectivity index (χ0) is 35.6. The summed E-state index contributed by atoms with van der Waals surface area (Å²) < 4.78 is 179. The van der Waals surface area contributed by atoms with Gasteiger partial charge in [0, 0.05) is 0 Å². The van der Waals surface area contributed by atoms with E-state index in [-0.39, 0.29) is 22.3 Å². The summed E-state index contributed by atoms with van der Waals surface area (Å²) in [6, 6.07) is 4.63. The SMILES string of the molecule is Cc1cc(C(C)(C)C)c2c(c1)S(=O)(=O)c1cc(C)cc(C(C)(C)C)c1OP(OCC(F)(F)F)(OCC(F)(F)F)(OCC(F)(F)F)O2. The third kappa shape index (κ3) is 8.57. The molecule has 3 rings (SSSR count). The molecular weight excluding hydrogens is 682 g/mol. The van der Waals surface area contributed by atoms with Crippen molar-refractivity contribution < 1.29 is 70.6 Å². The first-order chi connectivity index (χ1) is 20.4. The van der Waals surface area contributed by atoms with Gasteiger partial charge in [0.05, 0.1) is 0 Å². The summed E-state index contributed by atoms with van der Waals surface area (Å²) in [5.74, 6) is -1.93. The molecule has 7 nitrogen and oxygen atoms in total. The number of rotatable bonds is 6. The van der Waals surface area contributed by atoms with Gasteiger partial charge in [0.25, 0.3) is 0 Å². The normalized spacial score (nSPS) is 18.9. The molecule has 0 spiro atoms. The van der Waals surface area contributed by atoms with Crippen LogP contribution in [0.5, 0.6) is 11.5 Å². The maximum atomic E-state index is 14.4. The Balaban J connectivity index is 2.72. The second kappa shape index (κ2) is 11.7. The zero-order valence-electron chi connectivity index (χ0n) is 26.0. The first-order valence-electron chi connectivity index (χ1n) is 13.5. The van der Waals surface area contributed by atoms with Gasteiger partial charge < -0.3 is 0 Å². The summed E-state index contributed by atoms with van der Waals surface area (Å²) in [7, 11) is -12.3. The molecule has 0 amide bonds. The molecule has 46 heavy (non-hydrogen) atoms. The maximum absolute atomic E-state index is 14.4. The molecule has 0 aromatic heterocycles. The minimum atomic E-state index is -7.42. The number of sulfone groups is 1. The Morgan fingerprint density at radius 1 is 0.587 bits per heavy atom. The Labute approximate surface area is 260 Å². The quantitative estimate of drug-likeness (QED) is 0.218. The second-order valence-corrected chi connectivity index (χ2v) is 17.4. The monoisotopic (exact) mass is 716 g/mol. The molecule has 0 saturated heterocycles. The molecule has 0 aliphatic carbocycles. The first-order valence-corrected chi connectivity index (χ1v) is 16.8. The molecule has 1 heterocycles. The Bertz CT molecular complexity index is 1460. The van der Waals surface area contributed by atoms with Crippen LogP contribution < -0.4 is 9.05 Å². The van der Waals surface area contributed by atoms with Crippen LogP contribution in [0, 0.1) is 13.8 Å². The van der Waals surface area contributed by atoms with Crippen LogP contribution >= 0.6 is 7.74 Å². The number of hydrogen-bond donors (Lipinski definition) is 0. The molecule has 2 aromatic carbocycles. The number of alkyl halides is 9. The average Bonchev–Trinajstić information content (AvgIpc) is 2.84. The van der Waals surface area contributed by atoms with E-state index in [2.05, 4.69) is 0 Å². The summed E-state index contributed by atoms with van der Waals surface area (Å²) >= 11 is 0. The van der Waals surface area contributed by atoms with E-state index in [1.807, 2.05) is 0 Å². The van der Waals surface area contributed by atoms with Crippen molar-refractivity contribution in [2.45, 2.75) is 94.5 Å². The standard InChI is InChI=1S/C28H34F9O7PS/c1-16-9-18(24(3,4)5)22-20(11-16)46(38,39)21-12-17(2)10-19(25(6,7)8)23(21)44-45(43-22,40-13-26(29,30)31,41-14-27(32,33)34)42-15-28(35,36)37/h9-12H,13-15H2,1-8H3. The van der Waals surface area contributed by atoms with E-state index in [1.165, 1.54) is 67.5 Å². The van der Waals surface area contributed by atoms with Crippen molar-refractivity contribution in [2.24, 2.45) is 0 Å². The molecule has 0 unspecified atom stereocenters. The van der Waals surface area contributed by atoms with Crippen molar-refractivity contribution in [3.63, 3.8) is 0 Å². The Morgan fingerprint density at radius 2 is 0.870 bits per heavy atom. The molecule has 0 N–H and O–H groups in total. The van der Waals surface area contributed by atoms with Crippen LogP contribution in [0.4, 0.5) is 39.5 Å². The predicted molar refractivity (Wildman–Crippen MR) is 149 cm³/mol. The predicted octanol–water partition coefficient (Wildman–Crippen LogP) is 9.37. The van der Waals surface area contributed by atoms with Crippen molar-refractivity contribution in [1.82, 2.24) is 0 Å². The summed E-state index contributed by atoms with van der Waals surface area (Å²) in [5.41, 5.74) is -2.17.